The van der Waals surface area contributed by atoms with Gasteiger partial charge in [-0.3, -0.25) is 9.78 Å². The summed E-state index contributed by atoms with van der Waals surface area (Å²) in [5.41, 5.74) is 2.89. The molecule has 1 fully saturated rings. The molecule has 1 unspecified atom stereocenters. The molecule has 1 aromatic heterocycles. The standard InChI is InChI=1S/C27H28N2O4/c30-26(29-18-23-19-32-24-6-1-2-7-25(24)33-23)27(10-14-31-15-11-27)17-20-4-3-5-22(16-20)21-8-12-28-13-9-21/h1-9,12-13,16,23H,10-11,14-15,17-19H2,(H,29,30). The Morgan fingerprint density at radius 1 is 0.970 bits per heavy atom. The third-order valence-electron chi connectivity index (χ3n) is 6.47. The maximum atomic E-state index is 13.5. The Morgan fingerprint density at radius 3 is 2.58 bits per heavy atom. The number of ether oxygens (including phenoxy) is 3. The topological polar surface area (TPSA) is 69.7 Å². The second-order valence-corrected chi connectivity index (χ2v) is 8.71. The minimum atomic E-state index is -0.497. The van der Waals surface area contributed by atoms with E-state index in [1.54, 1.807) is 12.4 Å². The van der Waals surface area contributed by atoms with Crippen molar-refractivity contribution >= 4 is 5.91 Å². The molecule has 3 aromatic rings. The number of nitrogens with zero attached hydrogens (tertiary/aromatic N) is 1. The lowest BCUT2D eigenvalue weighted by molar-refractivity contribution is -0.137. The number of hydrogen-bond donors (Lipinski definition) is 1. The van der Waals surface area contributed by atoms with Crippen LogP contribution in [0.2, 0.25) is 0 Å². The number of nitrogens with one attached hydrogen (secondary N) is 1. The molecule has 2 aromatic carbocycles. The summed E-state index contributed by atoms with van der Waals surface area (Å²) in [6.07, 6.45) is 5.45. The second-order valence-electron chi connectivity index (χ2n) is 8.71. The lowest BCUT2D eigenvalue weighted by Gasteiger charge is -2.36. The van der Waals surface area contributed by atoms with Crippen molar-refractivity contribution < 1.29 is 19.0 Å². The molecule has 3 heterocycles. The van der Waals surface area contributed by atoms with Gasteiger partial charge < -0.3 is 19.5 Å². The van der Waals surface area contributed by atoms with E-state index in [-0.39, 0.29) is 12.0 Å². The van der Waals surface area contributed by atoms with E-state index in [2.05, 4.69) is 34.6 Å². The maximum absolute atomic E-state index is 13.5. The van der Waals surface area contributed by atoms with Crippen LogP contribution in [0.1, 0.15) is 18.4 Å². The van der Waals surface area contributed by atoms with E-state index >= 15 is 0 Å². The van der Waals surface area contributed by atoms with E-state index in [0.717, 1.165) is 28.2 Å². The average Bonchev–Trinajstić information content (AvgIpc) is 2.88. The molecule has 170 valence electrons. The molecule has 0 bridgehead atoms. The van der Waals surface area contributed by atoms with Gasteiger partial charge in [-0.25, -0.2) is 0 Å². The summed E-state index contributed by atoms with van der Waals surface area (Å²) >= 11 is 0. The molecule has 6 heteroatoms. The normalized spacial score (nSPS) is 19.0. The summed E-state index contributed by atoms with van der Waals surface area (Å²) in [6, 6.07) is 20.0. The van der Waals surface area contributed by atoms with Crippen molar-refractivity contribution in [2.75, 3.05) is 26.4 Å². The average molecular weight is 445 g/mol. The molecule has 0 spiro atoms. The number of para-hydroxylation sites is 2. The first kappa shape index (κ1) is 21.5. The quantitative estimate of drug-likeness (QED) is 0.621. The van der Waals surface area contributed by atoms with Gasteiger partial charge in [-0.2, -0.15) is 0 Å². The predicted octanol–water partition coefficient (Wildman–Crippen LogP) is 4.04. The van der Waals surface area contributed by atoms with Crippen molar-refractivity contribution in [3.63, 3.8) is 0 Å². The molecular weight excluding hydrogens is 416 g/mol. The van der Waals surface area contributed by atoms with Gasteiger partial charge >= 0.3 is 0 Å². The molecule has 2 aliphatic heterocycles. The van der Waals surface area contributed by atoms with Crippen LogP contribution in [0, 0.1) is 5.41 Å². The number of fused-ring (bicyclic) bond motifs is 1. The molecule has 5 rings (SSSR count). The minimum absolute atomic E-state index is 0.0579. The van der Waals surface area contributed by atoms with Crippen molar-refractivity contribution in [1.82, 2.24) is 10.3 Å². The fraction of sp³-hybridized carbons (Fsp3) is 0.333. The molecule has 6 nitrogen and oxygen atoms in total. The highest BCUT2D eigenvalue weighted by atomic mass is 16.6. The molecule has 0 saturated carbocycles. The molecule has 0 radical (unpaired) electrons. The van der Waals surface area contributed by atoms with Gasteiger partial charge in [0.1, 0.15) is 12.7 Å². The first-order valence-electron chi connectivity index (χ1n) is 11.5. The van der Waals surface area contributed by atoms with Crippen LogP contribution in [-0.2, 0) is 16.0 Å². The Bertz CT molecular complexity index is 1100. The van der Waals surface area contributed by atoms with Crippen LogP contribution < -0.4 is 14.8 Å². The van der Waals surface area contributed by atoms with Gasteiger partial charge in [-0.15, -0.1) is 0 Å². The Hall–Kier alpha value is -3.38. The van der Waals surface area contributed by atoms with Crippen LogP contribution in [-0.4, -0.2) is 43.4 Å². The molecule has 2 aliphatic rings. The number of aromatic nitrogens is 1. The molecule has 1 amide bonds. The van der Waals surface area contributed by atoms with Crippen LogP contribution >= 0.6 is 0 Å². The monoisotopic (exact) mass is 444 g/mol. The second kappa shape index (κ2) is 9.63. The number of pyridine rings is 1. The Labute approximate surface area is 193 Å². The SMILES string of the molecule is O=C(NCC1COc2ccccc2O1)C1(Cc2cccc(-c3ccncc3)c2)CCOCC1. The zero-order chi connectivity index (χ0) is 22.5. The van der Waals surface area contributed by atoms with Crippen molar-refractivity contribution in [3.05, 3.63) is 78.6 Å². The molecule has 0 aliphatic carbocycles. The van der Waals surface area contributed by atoms with E-state index < -0.39 is 5.41 Å². The van der Waals surface area contributed by atoms with Crippen molar-refractivity contribution in [2.24, 2.45) is 5.41 Å². The Balaban J connectivity index is 1.28. The number of carbonyl (C=O) groups is 1. The van der Waals surface area contributed by atoms with Gasteiger partial charge in [0, 0.05) is 25.6 Å². The van der Waals surface area contributed by atoms with Gasteiger partial charge in [-0.1, -0.05) is 36.4 Å². The highest BCUT2D eigenvalue weighted by Crippen LogP contribution is 2.36. The summed E-state index contributed by atoms with van der Waals surface area (Å²) < 4.78 is 17.4. The fourth-order valence-corrected chi connectivity index (χ4v) is 4.60. The van der Waals surface area contributed by atoms with Gasteiger partial charge in [0.2, 0.25) is 5.91 Å². The van der Waals surface area contributed by atoms with E-state index in [1.165, 1.54) is 0 Å². The molecule has 1 saturated heterocycles. The Kier molecular flexibility index (Phi) is 6.26. The zero-order valence-corrected chi connectivity index (χ0v) is 18.5. The van der Waals surface area contributed by atoms with Gasteiger partial charge in [0.05, 0.1) is 12.0 Å². The van der Waals surface area contributed by atoms with Crippen molar-refractivity contribution in [1.29, 1.82) is 0 Å². The minimum Gasteiger partial charge on any atom is -0.486 e. The summed E-state index contributed by atoms with van der Waals surface area (Å²) in [4.78, 5) is 17.6. The van der Waals surface area contributed by atoms with Crippen LogP contribution in [0.3, 0.4) is 0 Å². The first-order valence-corrected chi connectivity index (χ1v) is 11.5. The highest BCUT2D eigenvalue weighted by molar-refractivity contribution is 5.83. The van der Waals surface area contributed by atoms with Crippen molar-refractivity contribution in [3.8, 4) is 22.6 Å². The van der Waals surface area contributed by atoms with Gasteiger partial charge in [0.15, 0.2) is 11.5 Å². The van der Waals surface area contributed by atoms with E-state index in [4.69, 9.17) is 14.2 Å². The number of carbonyl (C=O) groups excluding carboxylic acids is 1. The smallest absolute Gasteiger partial charge is 0.226 e. The summed E-state index contributed by atoms with van der Waals surface area (Å²) in [5, 5.41) is 3.15. The number of hydrogen-bond acceptors (Lipinski definition) is 5. The summed E-state index contributed by atoms with van der Waals surface area (Å²) in [7, 11) is 0. The third-order valence-corrected chi connectivity index (χ3v) is 6.47. The summed E-state index contributed by atoms with van der Waals surface area (Å²) in [6.45, 7) is 2.01. The predicted molar refractivity (Wildman–Crippen MR) is 125 cm³/mol. The number of benzene rings is 2. The van der Waals surface area contributed by atoms with Crippen LogP contribution in [0.5, 0.6) is 11.5 Å². The molecule has 33 heavy (non-hydrogen) atoms. The lowest BCUT2D eigenvalue weighted by Crippen LogP contribution is -2.49. The van der Waals surface area contributed by atoms with E-state index in [0.29, 0.717) is 45.6 Å². The molecular formula is C27H28N2O4. The van der Waals surface area contributed by atoms with E-state index in [9.17, 15) is 4.79 Å². The highest BCUT2D eigenvalue weighted by Gasteiger charge is 2.40. The van der Waals surface area contributed by atoms with Crippen LogP contribution in [0.25, 0.3) is 11.1 Å². The van der Waals surface area contributed by atoms with E-state index in [1.807, 2.05) is 36.4 Å². The number of amides is 1. The lowest BCUT2D eigenvalue weighted by atomic mass is 9.74. The van der Waals surface area contributed by atoms with Crippen LogP contribution in [0.4, 0.5) is 0 Å². The zero-order valence-electron chi connectivity index (χ0n) is 18.5. The van der Waals surface area contributed by atoms with Gasteiger partial charge in [0.25, 0.3) is 0 Å². The summed E-state index contributed by atoms with van der Waals surface area (Å²) in [5.74, 6) is 1.52. The van der Waals surface area contributed by atoms with Crippen molar-refractivity contribution in [2.45, 2.75) is 25.4 Å². The maximum Gasteiger partial charge on any atom is 0.226 e. The molecule has 1 N–H and O–H groups in total. The Morgan fingerprint density at radius 2 is 1.76 bits per heavy atom. The van der Waals surface area contributed by atoms with Gasteiger partial charge in [-0.05, 0) is 60.2 Å². The number of rotatable bonds is 6. The fourth-order valence-electron chi connectivity index (χ4n) is 4.60. The largest absolute Gasteiger partial charge is 0.486 e. The first-order chi connectivity index (χ1) is 16.2. The third kappa shape index (κ3) is 4.86. The van der Waals surface area contributed by atoms with Crippen LogP contribution in [0.15, 0.2) is 73.1 Å². The molecule has 1 atom stereocenters.